The number of rotatable bonds is 6. The summed E-state index contributed by atoms with van der Waals surface area (Å²) in [5.74, 6) is -2.64. The zero-order valence-corrected chi connectivity index (χ0v) is 23.9. The first-order chi connectivity index (χ1) is 20.4. The van der Waals surface area contributed by atoms with E-state index in [2.05, 4.69) is 5.32 Å². The highest BCUT2D eigenvalue weighted by Gasteiger charge is 2.46. The molecular weight excluding hydrogens is 565 g/mol. The number of carbonyl (C=O) groups is 1. The summed E-state index contributed by atoms with van der Waals surface area (Å²) < 4.78 is 28.4. The number of aromatic nitrogens is 2. The van der Waals surface area contributed by atoms with Gasteiger partial charge in [0, 0.05) is 41.1 Å². The molecule has 0 amide bonds. The molecule has 3 aromatic rings. The van der Waals surface area contributed by atoms with E-state index in [1.165, 1.54) is 10.6 Å². The molecule has 0 saturated heterocycles. The molecular formula is C30H34FN3O9. The lowest BCUT2D eigenvalue weighted by atomic mass is 9.81. The zero-order valence-electron chi connectivity index (χ0n) is 23.9. The average molecular weight is 600 g/mol. The summed E-state index contributed by atoms with van der Waals surface area (Å²) in [4.78, 5) is 30.7. The van der Waals surface area contributed by atoms with E-state index in [1.807, 2.05) is 13.8 Å². The zero-order chi connectivity index (χ0) is 31.0. The minimum absolute atomic E-state index is 0.00266. The molecule has 1 aromatic carbocycles. The minimum Gasteiger partial charge on any atom is -0.482 e. The van der Waals surface area contributed by atoms with Crippen LogP contribution < -0.4 is 15.6 Å². The van der Waals surface area contributed by atoms with Gasteiger partial charge in [0.1, 0.15) is 24.9 Å². The molecule has 6 rings (SSSR count). The maximum atomic E-state index is 15.8. The van der Waals surface area contributed by atoms with Crippen molar-refractivity contribution in [3.8, 4) is 17.1 Å². The fourth-order valence-corrected chi connectivity index (χ4v) is 6.35. The Morgan fingerprint density at radius 1 is 1.19 bits per heavy atom. The lowest BCUT2D eigenvalue weighted by molar-refractivity contribution is -0.172. The predicted molar refractivity (Wildman–Crippen MR) is 151 cm³/mol. The number of cyclic esters (lactones) is 1. The summed E-state index contributed by atoms with van der Waals surface area (Å²) in [7, 11) is 0. The van der Waals surface area contributed by atoms with Crippen molar-refractivity contribution in [2.45, 2.75) is 82.8 Å². The van der Waals surface area contributed by atoms with Crippen LogP contribution in [0.15, 0.2) is 23.0 Å². The third-order valence-corrected chi connectivity index (χ3v) is 8.76. The van der Waals surface area contributed by atoms with Crippen LogP contribution in [0.2, 0.25) is 0 Å². The third kappa shape index (κ3) is 4.49. The van der Waals surface area contributed by atoms with E-state index in [4.69, 9.17) is 14.5 Å². The third-order valence-electron chi connectivity index (χ3n) is 8.76. The molecule has 13 heteroatoms. The number of pyridine rings is 2. The number of anilines is 1. The van der Waals surface area contributed by atoms with E-state index in [1.54, 1.807) is 19.1 Å². The van der Waals surface area contributed by atoms with Gasteiger partial charge in [-0.25, -0.2) is 14.2 Å². The van der Waals surface area contributed by atoms with Gasteiger partial charge in [-0.05, 0) is 38.8 Å². The Hall–Kier alpha value is -3.62. The molecule has 2 aromatic heterocycles. The first kappa shape index (κ1) is 29.5. The SMILES string of the molecule is CC[C@@]1(O)C(=O)OCc2c1cc1n(c2=O)Cc2cc3c(NC(C)C)c(OC4CC(CO)C(O)C(O)C4O)c(F)cc3nc2-1. The second-order valence-corrected chi connectivity index (χ2v) is 11.8. The molecule has 0 radical (unpaired) electrons. The quantitative estimate of drug-likeness (QED) is 0.173. The van der Waals surface area contributed by atoms with Crippen LogP contribution >= 0.6 is 0 Å². The van der Waals surface area contributed by atoms with Gasteiger partial charge in [-0.3, -0.25) is 4.79 Å². The number of aliphatic hydroxyl groups is 5. The van der Waals surface area contributed by atoms with Crippen molar-refractivity contribution >= 4 is 22.6 Å². The Morgan fingerprint density at radius 3 is 2.60 bits per heavy atom. The summed E-state index contributed by atoms with van der Waals surface area (Å²) in [6, 6.07) is 4.32. The predicted octanol–water partition coefficient (Wildman–Crippen LogP) is 0.881. The fourth-order valence-electron chi connectivity index (χ4n) is 6.35. The Labute approximate surface area is 245 Å². The van der Waals surface area contributed by atoms with Crippen molar-refractivity contribution in [1.82, 2.24) is 9.55 Å². The standard InChI is InChI=1S/C30H34FN3O9/c1-4-30(41)17-7-20-22-13(9-34(20)28(39)16(17)11-42-29(30)40)5-15-19(33-22)8-18(31)27(23(15)32-12(2)3)43-21-6-14(10-35)24(36)26(38)25(21)37/h5,7-8,12,14,21,24-26,32,35-38,41H,4,6,9-11H2,1-3H3/t14?,21?,24?,25?,26?,30-/m0/s1. The molecule has 4 heterocycles. The Morgan fingerprint density at radius 2 is 1.93 bits per heavy atom. The number of esters is 1. The number of benzene rings is 1. The van der Waals surface area contributed by atoms with Gasteiger partial charge in [0.05, 0.1) is 40.8 Å². The number of hydrogen-bond donors (Lipinski definition) is 6. The maximum Gasteiger partial charge on any atom is 0.343 e. The van der Waals surface area contributed by atoms with Crippen LogP contribution in [0.5, 0.6) is 5.75 Å². The van der Waals surface area contributed by atoms with Crippen LogP contribution in [0.1, 0.15) is 50.3 Å². The molecule has 0 bridgehead atoms. The van der Waals surface area contributed by atoms with E-state index < -0.39 is 59.9 Å². The number of ether oxygens (including phenoxy) is 2. The van der Waals surface area contributed by atoms with Crippen LogP contribution in [-0.4, -0.2) is 78.1 Å². The number of halogens is 1. The van der Waals surface area contributed by atoms with Gasteiger partial charge in [0.2, 0.25) is 0 Å². The molecule has 1 saturated carbocycles. The van der Waals surface area contributed by atoms with Gasteiger partial charge < -0.3 is 44.9 Å². The maximum absolute atomic E-state index is 15.8. The number of fused-ring (bicyclic) bond motifs is 5. The van der Waals surface area contributed by atoms with Gasteiger partial charge in [-0.2, -0.15) is 0 Å². The Kier molecular flexibility index (Phi) is 7.21. The highest BCUT2D eigenvalue weighted by molar-refractivity contribution is 5.97. The van der Waals surface area contributed by atoms with Crippen LogP contribution in [0.25, 0.3) is 22.3 Å². The first-order valence-corrected chi connectivity index (χ1v) is 14.3. The summed E-state index contributed by atoms with van der Waals surface area (Å²) in [5, 5.41) is 55.6. The average Bonchev–Trinajstić information content (AvgIpc) is 3.33. The van der Waals surface area contributed by atoms with Crippen LogP contribution in [-0.2, 0) is 28.3 Å². The molecule has 0 spiro atoms. The van der Waals surface area contributed by atoms with Gasteiger partial charge >= 0.3 is 5.97 Å². The Balaban J connectivity index is 1.48. The van der Waals surface area contributed by atoms with Crippen molar-refractivity contribution in [3.05, 3.63) is 51.1 Å². The molecule has 2 aliphatic heterocycles. The first-order valence-electron chi connectivity index (χ1n) is 14.3. The van der Waals surface area contributed by atoms with Crippen LogP contribution in [0.3, 0.4) is 0 Å². The number of nitrogens with zero attached hydrogens (tertiary/aromatic N) is 2. The summed E-state index contributed by atoms with van der Waals surface area (Å²) in [6.45, 7) is 4.72. The van der Waals surface area contributed by atoms with Crippen molar-refractivity contribution in [2.75, 3.05) is 11.9 Å². The van der Waals surface area contributed by atoms with Crippen molar-refractivity contribution in [1.29, 1.82) is 0 Å². The van der Waals surface area contributed by atoms with E-state index in [9.17, 15) is 35.1 Å². The van der Waals surface area contributed by atoms with Crippen molar-refractivity contribution in [3.63, 3.8) is 0 Å². The van der Waals surface area contributed by atoms with Crippen LogP contribution in [0.4, 0.5) is 10.1 Å². The van der Waals surface area contributed by atoms with Crippen LogP contribution in [0, 0.1) is 11.7 Å². The fraction of sp³-hybridized carbons (Fsp3) is 0.500. The number of carbonyl (C=O) groups excluding carboxylic acids is 1. The molecule has 5 unspecified atom stereocenters. The Bertz CT molecular complexity index is 1690. The van der Waals surface area contributed by atoms with Gasteiger partial charge in [0.15, 0.2) is 17.2 Å². The van der Waals surface area contributed by atoms with Gasteiger partial charge in [0.25, 0.3) is 5.56 Å². The lowest BCUT2D eigenvalue weighted by Gasteiger charge is -2.40. The molecule has 12 nitrogen and oxygen atoms in total. The molecule has 1 fully saturated rings. The summed E-state index contributed by atoms with van der Waals surface area (Å²) >= 11 is 0. The van der Waals surface area contributed by atoms with E-state index in [-0.39, 0.29) is 60.1 Å². The van der Waals surface area contributed by atoms with Crippen molar-refractivity contribution < 1.29 is 44.2 Å². The summed E-state index contributed by atoms with van der Waals surface area (Å²) in [6.07, 6.45) is -5.66. The van der Waals surface area contributed by atoms with E-state index >= 15 is 4.39 Å². The highest BCUT2D eigenvalue weighted by atomic mass is 19.1. The van der Waals surface area contributed by atoms with Gasteiger partial charge in [-0.15, -0.1) is 0 Å². The smallest absolute Gasteiger partial charge is 0.343 e. The number of aliphatic hydroxyl groups excluding tert-OH is 4. The van der Waals surface area contributed by atoms with Gasteiger partial charge in [-0.1, -0.05) is 6.92 Å². The largest absolute Gasteiger partial charge is 0.482 e. The normalized spacial score (nSPS) is 28.0. The number of hydrogen-bond acceptors (Lipinski definition) is 11. The molecule has 6 N–H and O–H groups in total. The minimum atomic E-state index is -1.98. The lowest BCUT2D eigenvalue weighted by Crippen LogP contribution is -2.56. The monoisotopic (exact) mass is 599 g/mol. The molecule has 1 aliphatic carbocycles. The molecule has 230 valence electrons. The molecule has 3 aliphatic rings. The summed E-state index contributed by atoms with van der Waals surface area (Å²) in [5.41, 5.74) is -0.123. The van der Waals surface area contributed by atoms with E-state index in [0.717, 1.165) is 0 Å². The topological polar surface area (TPSA) is 184 Å². The second kappa shape index (κ2) is 10.5. The van der Waals surface area contributed by atoms with Crippen molar-refractivity contribution in [2.24, 2.45) is 5.92 Å². The highest BCUT2D eigenvalue weighted by Crippen LogP contribution is 2.43. The van der Waals surface area contributed by atoms with E-state index in [0.29, 0.717) is 22.3 Å². The molecule has 6 atom stereocenters. The second-order valence-electron chi connectivity index (χ2n) is 11.8. The molecule has 43 heavy (non-hydrogen) atoms. The number of nitrogens with one attached hydrogen (secondary N) is 1.